The third-order valence-corrected chi connectivity index (χ3v) is 4.00. The number of nitriles is 1. The third-order valence-electron chi connectivity index (χ3n) is 4.00. The van der Waals surface area contributed by atoms with Crippen LogP contribution in [-0.2, 0) is 0 Å². The summed E-state index contributed by atoms with van der Waals surface area (Å²) < 4.78 is 13.9. The van der Waals surface area contributed by atoms with Gasteiger partial charge >= 0.3 is 0 Å². The molecule has 23 heavy (non-hydrogen) atoms. The molecule has 1 saturated heterocycles. The maximum atomic E-state index is 13.9. The van der Waals surface area contributed by atoms with Crippen molar-refractivity contribution in [3.8, 4) is 17.3 Å². The Morgan fingerprint density at radius 3 is 2.61 bits per heavy atom. The van der Waals surface area contributed by atoms with Gasteiger partial charge in [0.1, 0.15) is 17.7 Å². The number of nitrogens with zero attached hydrogens (tertiary/aromatic N) is 4. The van der Waals surface area contributed by atoms with Crippen molar-refractivity contribution in [2.45, 2.75) is 19.3 Å². The molecule has 1 N–H and O–H groups in total. The van der Waals surface area contributed by atoms with E-state index in [4.69, 9.17) is 5.26 Å². The van der Waals surface area contributed by atoms with E-state index in [9.17, 15) is 4.39 Å². The summed E-state index contributed by atoms with van der Waals surface area (Å²) in [5.41, 5.74) is 1.32. The molecule has 0 spiro atoms. The molecule has 1 aliphatic rings. The lowest BCUT2D eigenvalue weighted by molar-refractivity contribution is 0.573. The maximum absolute atomic E-state index is 13.9. The smallest absolute Gasteiger partial charge is 0.224 e. The highest BCUT2D eigenvalue weighted by Crippen LogP contribution is 2.26. The summed E-state index contributed by atoms with van der Waals surface area (Å²) in [6.07, 6.45) is 3.55. The van der Waals surface area contributed by atoms with E-state index in [1.54, 1.807) is 13.1 Å². The molecule has 118 valence electrons. The van der Waals surface area contributed by atoms with Gasteiger partial charge in [0, 0.05) is 31.8 Å². The van der Waals surface area contributed by atoms with E-state index in [2.05, 4.69) is 20.2 Å². The molecule has 5 nitrogen and oxygen atoms in total. The first kappa shape index (κ1) is 15.2. The zero-order valence-corrected chi connectivity index (χ0v) is 13.0. The SMILES string of the molecule is CNc1nc(-c2ccc(C#N)c(F)c2)cc(N2CCCCC2)n1. The van der Waals surface area contributed by atoms with Gasteiger partial charge in [-0.3, -0.25) is 0 Å². The Bertz CT molecular complexity index is 747. The van der Waals surface area contributed by atoms with Crippen LogP contribution in [0, 0.1) is 17.1 Å². The normalized spacial score (nSPS) is 14.4. The summed E-state index contributed by atoms with van der Waals surface area (Å²) in [4.78, 5) is 11.2. The lowest BCUT2D eigenvalue weighted by Gasteiger charge is -2.28. The molecule has 2 aromatic rings. The number of rotatable bonds is 3. The summed E-state index contributed by atoms with van der Waals surface area (Å²) >= 11 is 0. The Balaban J connectivity index is 2.01. The van der Waals surface area contributed by atoms with Crippen molar-refractivity contribution in [1.29, 1.82) is 5.26 Å². The monoisotopic (exact) mass is 311 g/mol. The second kappa shape index (κ2) is 6.61. The molecule has 0 aliphatic carbocycles. The zero-order valence-electron chi connectivity index (χ0n) is 13.0. The highest BCUT2D eigenvalue weighted by molar-refractivity contribution is 5.65. The quantitative estimate of drug-likeness (QED) is 0.943. The predicted molar refractivity (Wildman–Crippen MR) is 87.8 cm³/mol. The van der Waals surface area contributed by atoms with Crippen molar-refractivity contribution in [3.05, 3.63) is 35.6 Å². The molecule has 0 atom stereocenters. The molecule has 0 unspecified atom stereocenters. The number of anilines is 2. The zero-order chi connectivity index (χ0) is 16.2. The van der Waals surface area contributed by atoms with Crippen molar-refractivity contribution in [3.63, 3.8) is 0 Å². The number of piperidine rings is 1. The minimum absolute atomic E-state index is 0.0351. The number of aromatic nitrogens is 2. The molecule has 1 aromatic carbocycles. The maximum Gasteiger partial charge on any atom is 0.224 e. The van der Waals surface area contributed by atoms with Crippen molar-refractivity contribution in [2.75, 3.05) is 30.4 Å². The third kappa shape index (κ3) is 3.24. The van der Waals surface area contributed by atoms with Crippen LogP contribution in [-0.4, -0.2) is 30.1 Å². The minimum Gasteiger partial charge on any atom is -0.357 e. The molecule has 1 fully saturated rings. The van der Waals surface area contributed by atoms with Crippen LogP contribution in [0.3, 0.4) is 0 Å². The van der Waals surface area contributed by atoms with Gasteiger partial charge in [-0.2, -0.15) is 10.2 Å². The molecule has 3 rings (SSSR count). The fraction of sp³-hybridized carbons (Fsp3) is 0.353. The van der Waals surface area contributed by atoms with Gasteiger partial charge in [0.15, 0.2) is 0 Å². The molecule has 0 saturated carbocycles. The number of hydrogen-bond donors (Lipinski definition) is 1. The lowest BCUT2D eigenvalue weighted by atomic mass is 10.1. The summed E-state index contributed by atoms with van der Waals surface area (Å²) in [6, 6.07) is 8.25. The minimum atomic E-state index is -0.533. The van der Waals surface area contributed by atoms with E-state index in [-0.39, 0.29) is 5.56 Å². The summed E-state index contributed by atoms with van der Waals surface area (Å²) in [6.45, 7) is 1.95. The van der Waals surface area contributed by atoms with Crippen LogP contribution < -0.4 is 10.2 Å². The second-order valence-corrected chi connectivity index (χ2v) is 5.54. The van der Waals surface area contributed by atoms with Crippen LogP contribution in [0.5, 0.6) is 0 Å². The lowest BCUT2D eigenvalue weighted by Crippen LogP contribution is -2.30. The molecule has 1 aromatic heterocycles. The summed E-state index contributed by atoms with van der Waals surface area (Å²) in [5, 5.41) is 11.8. The molecule has 2 heterocycles. The van der Waals surface area contributed by atoms with Crippen LogP contribution in [0.25, 0.3) is 11.3 Å². The highest BCUT2D eigenvalue weighted by atomic mass is 19.1. The van der Waals surface area contributed by atoms with Gasteiger partial charge in [0.05, 0.1) is 11.3 Å². The van der Waals surface area contributed by atoms with Crippen molar-refractivity contribution in [2.24, 2.45) is 0 Å². The van der Waals surface area contributed by atoms with Crippen LogP contribution in [0.1, 0.15) is 24.8 Å². The molecule has 1 aliphatic heterocycles. The number of nitrogens with one attached hydrogen (secondary N) is 1. The Morgan fingerprint density at radius 2 is 1.96 bits per heavy atom. The highest BCUT2D eigenvalue weighted by Gasteiger charge is 2.15. The van der Waals surface area contributed by atoms with Crippen molar-refractivity contribution < 1.29 is 4.39 Å². The van der Waals surface area contributed by atoms with Crippen LogP contribution in [0.2, 0.25) is 0 Å². The first-order chi connectivity index (χ1) is 11.2. The standard InChI is InChI=1S/C17H18FN5/c1-20-17-21-15(12-5-6-13(11-19)14(18)9-12)10-16(22-17)23-7-3-2-4-8-23/h5-6,9-10H,2-4,7-8H2,1H3,(H,20,21,22). The van der Waals surface area contributed by atoms with Gasteiger partial charge in [-0.25, -0.2) is 9.37 Å². The van der Waals surface area contributed by atoms with Crippen LogP contribution in [0.15, 0.2) is 24.3 Å². The predicted octanol–water partition coefficient (Wildman–Crippen LogP) is 3.19. The average Bonchev–Trinajstić information content (AvgIpc) is 2.62. The van der Waals surface area contributed by atoms with Crippen LogP contribution in [0.4, 0.5) is 16.2 Å². The number of benzene rings is 1. The first-order valence-electron chi connectivity index (χ1n) is 7.73. The van der Waals surface area contributed by atoms with Gasteiger partial charge in [-0.1, -0.05) is 6.07 Å². The molecule has 6 heteroatoms. The van der Waals surface area contributed by atoms with Crippen molar-refractivity contribution >= 4 is 11.8 Å². The van der Waals surface area contributed by atoms with E-state index in [0.29, 0.717) is 17.2 Å². The van der Waals surface area contributed by atoms with E-state index in [1.807, 2.05) is 12.1 Å². The molecule has 0 amide bonds. The van der Waals surface area contributed by atoms with E-state index >= 15 is 0 Å². The summed E-state index contributed by atoms with van der Waals surface area (Å²) in [7, 11) is 1.76. The van der Waals surface area contributed by atoms with E-state index < -0.39 is 5.82 Å². The van der Waals surface area contributed by atoms with Gasteiger partial charge in [-0.05, 0) is 31.4 Å². The Morgan fingerprint density at radius 1 is 1.17 bits per heavy atom. The Kier molecular flexibility index (Phi) is 4.38. The first-order valence-corrected chi connectivity index (χ1v) is 7.73. The Hall–Kier alpha value is -2.68. The van der Waals surface area contributed by atoms with Crippen LogP contribution >= 0.6 is 0 Å². The van der Waals surface area contributed by atoms with Gasteiger partial charge in [0.25, 0.3) is 0 Å². The second-order valence-electron chi connectivity index (χ2n) is 5.54. The molecule has 0 radical (unpaired) electrons. The molecular weight excluding hydrogens is 293 g/mol. The molecule has 0 bridgehead atoms. The Labute approximate surface area is 134 Å². The molecular formula is C17H18FN5. The van der Waals surface area contributed by atoms with Gasteiger partial charge in [-0.15, -0.1) is 0 Å². The van der Waals surface area contributed by atoms with Gasteiger partial charge in [0.2, 0.25) is 5.95 Å². The number of halogens is 1. The topological polar surface area (TPSA) is 64.8 Å². The van der Waals surface area contributed by atoms with Crippen molar-refractivity contribution in [1.82, 2.24) is 9.97 Å². The van der Waals surface area contributed by atoms with E-state index in [0.717, 1.165) is 31.7 Å². The summed E-state index contributed by atoms with van der Waals surface area (Å²) in [5.74, 6) is 0.825. The largest absolute Gasteiger partial charge is 0.357 e. The average molecular weight is 311 g/mol. The number of hydrogen-bond acceptors (Lipinski definition) is 5. The fourth-order valence-electron chi connectivity index (χ4n) is 2.74. The fourth-order valence-corrected chi connectivity index (χ4v) is 2.74. The van der Waals surface area contributed by atoms with Gasteiger partial charge < -0.3 is 10.2 Å². The van der Waals surface area contributed by atoms with E-state index in [1.165, 1.54) is 18.6 Å².